The van der Waals surface area contributed by atoms with E-state index in [1.165, 1.54) is 0 Å². The minimum atomic E-state index is -0.906. The summed E-state index contributed by atoms with van der Waals surface area (Å²) in [4.78, 5) is 53.3. The molecular weight excluding hydrogens is 418 g/mol. The number of thiazole rings is 1. The maximum Gasteiger partial charge on any atom is 0.315 e. The Balaban J connectivity index is 1.65. The Morgan fingerprint density at radius 3 is 2.55 bits per heavy atom. The Morgan fingerprint density at radius 1 is 1.13 bits per heavy atom. The van der Waals surface area contributed by atoms with Gasteiger partial charge in [-0.05, 0) is 38.8 Å². The predicted octanol–water partition coefficient (Wildman–Crippen LogP) is 3.51. The van der Waals surface area contributed by atoms with E-state index in [4.69, 9.17) is 4.74 Å². The monoisotopic (exact) mass is 443 g/mol. The molecule has 0 bridgehead atoms. The highest BCUT2D eigenvalue weighted by Crippen LogP contribution is 2.31. The lowest BCUT2D eigenvalue weighted by Crippen LogP contribution is -2.30. The van der Waals surface area contributed by atoms with E-state index in [2.05, 4.69) is 15.6 Å². The summed E-state index contributed by atoms with van der Waals surface area (Å²) < 4.78 is 4.86. The molecule has 3 rings (SSSR count). The van der Waals surface area contributed by atoms with Crippen molar-refractivity contribution in [3.63, 3.8) is 0 Å². The number of hydrogen-bond acceptors (Lipinski definition) is 7. The molecule has 164 valence electrons. The summed E-state index contributed by atoms with van der Waals surface area (Å²) in [7, 11) is 0. The van der Waals surface area contributed by atoms with E-state index in [1.54, 1.807) is 30.5 Å². The Morgan fingerprint density at radius 2 is 1.84 bits per heavy atom. The minimum Gasteiger partial charge on any atom is -0.466 e. The van der Waals surface area contributed by atoms with E-state index in [9.17, 15) is 19.2 Å². The zero-order valence-electron chi connectivity index (χ0n) is 17.5. The lowest BCUT2D eigenvalue weighted by atomic mass is 9.94. The molecule has 1 saturated carbocycles. The standard InChI is InChI=1S/C22H25N3O5S/c1-3-30-18(26)11-15-12-31-22(23-15)25-21(29)20(28)24-17-9-8-13(2)10-16(17)19(27)14-6-4-5-7-14/h8-10,12,14H,3-7,11H2,1-2H3,(H,24,28)(H,23,25,29). The van der Waals surface area contributed by atoms with Crippen LogP contribution in [-0.2, 0) is 25.5 Å². The number of carbonyl (C=O) groups excluding carboxylic acids is 4. The Kier molecular flexibility index (Phi) is 7.51. The summed E-state index contributed by atoms with van der Waals surface area (Å²) in [5, 5.41) is 6.78. The fourth-order valence-electron chi connectivity index (χ4n) is 3.52. The van der Waals surface area contributed by atoms with Gasteiger partial charge in [0, 0.05) is 16.9 Å². The molecule has 0 unspecified atom stereocenters. The SMILES string of the molecule is CCOC(=O)Cc1csc(NC(=O)C(=O)Nc2ccc(C)cc2C(=O)C2CCCC2)n1. The molecule has 0 atom stereocenters. The highest BCUT2D eigenvalue weighted by molar-refractivity contribution is 7.14. The van der Waals surface area contributed by atoms with Crippen LogP contribution in [0, 0.1) is 12.8 Å². The molecule has 0 aliphatic heterocycles. The highest BCUT2D eigenvalue weighted by Gasteiger charge is 2.27. The van der Waals surface area contributed by atoms with E-state index < -0.39 is 17.8 Å². The number of aromatic nitrogens is 1. The zero-order chi connectivity index (χ0) is 22.4. The van der Waals surface area contributed by atoms with Gasteiger partial charge in [-0.2, -0.15) is 0 Å². The van der Waals surface area contributed by atoms with Crippen molar-refractivity contribution in [2.45, 2.75) is 46.0 Å². The molecule has 1 aromatic heterocycles. The summed E-state index contributed by atoms with van der Waals surface area (Å²) >= 11 is 1.10. The molecule has 8 nitrogen and oxygen atoms in total. The third-order valence-corrected chi connectivity index (χ3v) is 5.83. The molecule has 1 aliphatic carbocycles. The summed E-state index contributed by atoms with van der Waals surface area (Å²) in [6.45, 7) is 3.86. The molecule has 1 aromatic carbocycles. The Hall–Kier alpha value is -3.07. The number of Topliss-reactive ketones (excluding diaryl/α,β-unsaturated/α-hetero) is 1. The van der Waals surface area contributed by atoms with Crippen LogP contribution in [0.1, 0.15) is 54.2 Å². The molecule has 2 amide bonds. The average Bonchev–Trinajstić information content (AvgIpc) is 3.41. The number of hydrogen-bond donors (Lipinski definition) is 2. The van der Waals surface area contributed by atoms with Crippen LogP contribution < -0.4 is 10.6 Å². The van der Waals surface area contributed by atoms with Gasteiger partial charge < -0.3 is 10.1 Å². The molecule has 0 spiro atoms. The van der Waals surface area contributed by atoms with Crippen molar-refractivity contribution in [2.24, 2.45) is 5.92 Å². The van der Waals surface area contributed by atoms with Gasteiger partial charge in [0.15, 0.2) is 10.9 Å². The number of nitrogens with one attached hydrogen (secondary N) is 2. The average molecular weight is 444 g/mol. The van der Waals surface area contributed by atoms with Crippen LogP contribution in [0.2, 0.25) is 0 Å². The maximum absolute atomic E-state index is 12.9. The number of amides is 2. The molecule has 1 heterocycles. The second-order valence-corrected chi connectivity index (χ2v) is 8.29. The van der Waals surface area contributed by atoms with E-state index in [0.717, 1.165) is 42.6 Å². The van der Waals surface area contributed by atoms with E-state index in [-0.39, 0.29) is 29.9 Å². The van der Waals surface area contributed by atoms with Gasteiger partial charge in [-0.25, -0.2) is 4.98 Å². The Labute approximate surface area is 184 Å². The van der Waals surface area contributed by atoms with Crippen LogP contribution in [0.4, 0.5) is 10.8 Å². The number of aryl methyl sites for hydroxylation is 1. The van der Waals surface area contributed by atoms with Gasteiger partial charge in [-0.1, -0.05) is 24.5 Å². The molecule has 2 N–H and O–H groups in total. The fraction of sp³-hybridized carbons (Fsp3) is 0.409. The molecule has 0 radical (unpaired) electrons. The first-order chi connectivity index (χ1) is 14.9. The molecule has 9 heteroatoms. The molecule has 0 saturated heterocycles. The Bertz CT molecular complexity index is 995. The number of carbonyl (C=O) groups is 4. The summed E-state index contributed by atoms with van der Waals surface area (Å²) in [6, 6.07) is 5.17. The van der Waals surface area contributed by atoms with Gasteiger partial charge in [0.2, 0.25) is 0 Å². The molecule has 2 aromatic rings. The first-order valence-electron chi connectivity index (χ1n) is 10.2. The van der Waals surface area contributed by atoms with E-state index >= 15 is 0 Å². The second kappa shape index (κ2) is 10.3. The van der Waals surface area contributed by atoms with Crippen molar-refractivity contribution in [3.8, 4) is 0 Å². The van der Waals surface area contributed by atoms with Crippen molar-refractivity contribution in [1.82, 2.24) is 4.98 Å². The quantitative estimate of drug-likeness (QED) is 0.384. The lowest BCUT2D eigenvalue weighted by Gasteiger charge is -2.14. The fourth-order valence-corrected chi connectivity index (χ4v) is 4.22. The van der Waals surface area contributed by atoms with Crippen molar-refractivity contribution in [3.05, 3.63) is 40.4 Å². The van der Waals surface area contributed by atoms with Gasteiger partial charge in [-0.3, -0.25) is 24.5 Å². The number of esters is 1. The van der Waals surface area contributed by atoms with E-state index in [0.29, 0.717) is 16.9 Å². The topological polar surface area (TPSA) is 114 Å². The van der Waals surface area contributed by atoms with Crippen LogP contribution in [0.25, 0.3) is 0 Å². The first-order valence-corrected chi connectivity index (χ1v) is 11.1. The lowest BCUT2D eigenvalue weighted by molar-refractivity contribution is -0.142. The highest BCUT2D eigenvalue weighted by atomic mass is 32.1. The van der Waals surface area contributed by atoms with Crippen molar-refractivity contribution >= 4 is 45.7 Å². The van der Waals surface area contributed by atoms with Crippen LogP contribution >= 0.6 is 11.3 Å². The number of ether oxygens (including phenoxy) is 1. The maximum atomic E-state index is 12.9. The number of rotatable bonds is 7. The summed E-state index contributed by atoms with van der Waals surface area (Å²) in [6.07, 6.45) is 3.73. The number of nitrogens with zero attached hydrogens (tertiary/aromatic N) is 1. The van der Waals surface area contributed by atoms with Gasteiger partial charge in [0.1, 0.15) is 0 Å². The van der Waals surface area contributed by atoms with Gasteiger partial charge in [0.25, 0.3) is 0 Å². The predicted molar refractivity (Wildman–Crippen MR) is 117 cm³/mol. The van der Waals surface area contributed by atoms with Crippen molar-refractivity contribution in [2.75, 3.05) is 17.2 Å². The number of ketones is 1. The third-order valence-electron chi connectivity index (χ3n) is 5.02. The van der Waals surface area contributed by atoms with Crippen LogP contribution in [0.15, 0.2) is 23.6 Å². The summed E-state index contributed by atoms with van der Waals surface area (Å²) in [5.41, 5.74) is 2.10. The van der Waals surface area contributed by atoms with Gasteiger partial charge in [-0.15, -0.1) is 11.3 Å². The number of benzene rings is 1. The second-order valence-electron chi connectivity index (χ2n) is 7.43. The third kappa shape index (κ3) is 5.97. The largest absolute Gasteiger partial charge is 0.466 e. The van der Waals surface area contributed by atoms with Gasteiger partial charge in [0.05, 0.1) is 24.4 Å². The van der Waals surface area contributed by atoms with Gasteiger partial charge >= 0.3 is 17.8 Å². The van der Waals surface area contributed by atoms with Crippen molar-refractivity contribution in [1.29, 1.82) is 0 Å². The van der Waals surface area contributed by atoms with Crippen LogP contribution in [0.3, 0.4) is 0 Å². The summed E-state index contributed by atoms with van der Waals surface area (Å²) in [5.74, 6) is -2.26. The number of anilines is 2. The van der Waals surface area contributed by atoms with Crippen LogP contribution in [0.5, 0.6) is 0 Å². The molecule has 31 heavy (non-hydrogen) atoms. The first kappa shape index (κ1) is 22.6. The van der Waals surface area contributed by atoms with Crippen molar-refractivity contribution < 1.29 is 23.9 Å². The molecule has 1 aliphatic rings. The van der Waals surface area contributed by atoms with E-state index in [1.807, 2.05) is 6.92 Å². The smallest absolute Gasteiger partial charge is 0.315 e. The normalized spacial score (nSPS) is 13.6. The molecule has 1 fully saturated rings. The minimum absolute atomic E-state index is 0.000406. The van der Waals surface area contributed by atoms with Crippen LogP contribution in [-0.4, -0.2) is 35.2 Å². The molecular formula is C22H25N3O5S. The zero-order valence-corrected chi connectivity index (χ0v) is 18.3.